The van der Waals surface area contributed by atoms with Crippen LogP contribution in [0.3, 0.4) is 0 Å². The minimum absolute atomic E-state index is 0.0677. The summed E-state index contributed by atoms with van der Waals surface area (Å²) in [6.45, 7) is 13.6. The van der Waals surface area contributed by atoms with Crippen molar-refractivity contribution >= 4 is 11.8 Å². The van der Waals surface area contributed by atoms with Crippen molar-refractivity contribution < 1.29 is 24.2 Å². The van der Waals surface area contributed by atoms with E-state index in [4.69, 9.17) is 9.47 Å². The summed E-state index contributed by atoms with van der Waals surface area (Å²) in [5.41, 5.74) is 0.0834. The molecule has 1 aliphatic heterocycles. The van der Waals surface area contributed by atoms with Gasteiger partial charge in [0.2, 0.25) is 0 Å². The largest absolute Gasteiger partial charge is 0.455 e. The van der Waals surface area contributed by atoms with Gasteiger partial charge in [0.25, 0.3) is 0 Å². The first kappa shape index (κ1) is 26.0. The molecule has 178 valence electrons. The van der Waals surface area contributed by atoms with Gasteiger partial charge in [0.15, 0.2) is 5.43 Å². The van der Waals surface area contributed by atoms with Crippen LogP contribution in [0.5, 0.6) is 0 Å². The molecule has 0 aliphatic carbocycles. The van der Waals surface area contributed by atoms with E-state index in [1.165, 1.54) is 12.3 Å². The van der Waals surface area contributed by atoms with Crippen molar-refractivity contribution in [1.82, 2.24) is 4.98 Å². The van der Waals surface area contributed by atoms with Gasteiger partial charge in [0, 0.05) is 36.6 Å². The highest BCUT2D eigenvalue weighted by Gasteiger charge is 2.42. The molecule has 2 rings (SSSR count). The minimum Gasteiger partial charge on any atom is -0.455 e. The molecule has 2 N–H and O–H groups in total. The van der Waals surface area contributed by atoms with Crippen LogP contribution in [0.25, 0.3) is 0 Å². The topological polar surface area (TPSA) is 106 Å². The van der Waals surface area contributed by atoms with Crippen LogP contribution in [-0.2, 0) is 14.3 Å². The van der Waals surface area contributed by atoms with Gasteiger partial charge in [-0.15, -0.1) is 0 Å². The van der Waals surface area contributed by atoms with Gasteiger partial charge in [-0.05, 0) is 24.8 Å². The van der Waals surface area contributed by atoms with Crippen LogP contribution in [0.1, 0.15) is 77.0 Å². The molecule has 7 nitrogen and oxygen atoms in total. The van der Waals surface area contributed by atoms with Crippen molar-refractivity contribution in [3.63, 3.8) is 0 Å². The zero-order valence-corrected chi connectivity index (χ0v) is 20.4. The van der Waals surface area contributed by atoms with E-state index in [0.717, 1.165) is 5.57 Å². The number of aliphatic hydroxyl groups is 1. The van der Waals surface area contributed by atoms with Crippen molar-refractivity contribution in [1.29, 1.82) is 0 Å². The van der Waals surface area contributed by atoms with Gasteiger partial charge >= 0.3 is 5.97 Å². The highest BCUT2D eigenvalue weighted by Crippen LogP contribution is 2.34. The fourth-order valence-corrected chi connectivity index (χ4v) is 4.75. The van der Waals surface area contributed by atoms with E-state index in [9.17, 15) is 19.5 Å². The molecule has 0 radical (unpaired) electrons. The van der Waals surface area contributed by atoms with Crippen molar-refractivity contribution in [2.24, 2.45) is 23.2 Å². The number of hydrogen-bond donors (Lipinski definition) is 2. The number of carbonyl (C=O) groups is 2. The van der Waals surface area contributed by atoms with Gasteiger partial charge < -0.3 is 19.6 Å². The van der Waals surface area contributed by atoms with Gasteiger partial charge in [-0.25, -0.2) is 4.79 Å². The molecule has 32 heavy (non-hydrogen) atoms. The Hall–Kier alpha value is -2.25. The molecule has 1 aliphatic rings. The fraction of sp³-hybridized carbons (Fsp3) is 0.640. The summed E-state index contributed by atoms with van der Waals surface area (Å²) >= 11 is 0. The van der Waals surface area contributed by atoms with Gasteiger partial charge in [-0.3, -0.25) is 9.59 Å². The van der Waals surface area contributed by atoms with Crippen molar-refractivity contribution in [3.8, 4) is 0 Å². The minimum atomic E-state index is -1.17. The number of ketones is 1. The molecule has 0 bridgehead atoms. The number of H-pyrrole nitrogens is 1. The second-order valence-electron chi connectivity index (χ2n) is 10.1. The van der Waals surface area contributed by atoms with E-state index in [1.807, 2.05) is 41.5 Å². The van der Waals surface area contributed by atoms with E-state index in [1.54, 1.807) is 7.11 Å². The van der Waals surface area contributed by atoms with Gasteiger partial charge in [0.05, 0.1) is 11.8 Å². The molecule has 1 aromatic heterocycles. The highest BCUT2D eigenvalue weighted by molar-refractivity contribution is 5.91. The Morgan fingerprint density at radius 1 is 1.28 bits per heavy atom. The SMILES string of the molecule is CO[C@H](/C(C)=C/[C@H](C)C[C@H](C)C(=O)C(C)(C)C)[C@@H](C)[C@@H]1OC(=O)c2c([nH]ccc2=O)[C@H]1O. The number of nitrogens with one attached hydrogen (secondary N) is 1. The third-order valence-corrected chi connectivity index (χ3v) is 6.20. The average Bonchev–Trinajstić information content (AvgIpc) is 2.69. The van der Waals surface area contributed by atoms with Crippen molar-refractivity contribution in [2.45, 2.75) is 73.2 Å². The van der Waals surface area contributed by atoms with Crippen LogP contribution in [0, 0.1) is 23.2 Å². The Morgan fingerprint density at radius 3 is 2.47 bits per heavy atom. The van der Waals surface area contributed by atoms with Crippen LogP contribution in [0.15, 0.2) is 28.7 Å². The number of allylic oxidation sites excluding steroid dienone is 1. The number of esters is 1. The molecule has 1 aromatic rings. The summed E-state index contributed by atoms with van der Waals surface area (Å²) in [7, 11) is 1.57. The van der Waals surface area contributed by atoms with Crippen molar-refractivity contribution in [3.05, 3.63) is 45.4 Å². The smallest absolute Gasteiger partial charge is 0.344 e. The number of aromatic nitrogens is 1. The van der Waals surface area contributed by atoms with E-state index in [2.05, 4.69) is 18.0 Å². The Labute approximate surface area is 190 Å². The number of aromatic amines is 1. The maximum Gasteiger partial charge on any atom is 0.344 e. The summed E-state index contributed by atoms with van der Waals surface area (Å²) < 4.78 is 11.2. The number of Topliss-reactive ketones (excluding diaryl/α,β-unsaturated/α-hetero) is 1. The van der Waals surface area contributed by atoms with E-state index < -0.39 is 29.7 Å². The summed E-state index contributed by atoms with van der Waals surface area (Å²) in [5.74, 6) is -0.827. The van der Waals surface area contributed by atoms with Crippen molar-refractivity contribution in [2.75, 3.05) is 7.11 Å². The maximum absolute atomic E-state index is 12.5. The van der Waals surface area contributed by atoms with Crippen LogP contribution in [-0.4, -0.2) is 41.2 Å². The molecule has 7 heteroatoms. The van der Waals surface area contributed by atoms with Gasteiger partial charge in [0.1, 0.15) is 23.6 Å². The lowest BCUT2D eigenvalue weighted by Gasteiger charge is -2.36. The first-order valence-electron chi connectivity index (χ1n) is 11.2. The molecule has 2 heterocycles. The first-order chi connectivity index (χ1) is 14.8. The van der Waals surface area contributed by atoms with E-state index >= 15 is 0 Å². The lowest BCUT2D eigenvalue weighted by atomic mass is 9.79. The number of cyclic esters (lactones) is 1. The second-order valence-corrected chi connectivity index (χ2v) is 10.1. The Balaban J connectivity index is 2.19. The Morgan fingerprint density at radius 2 is 1.91 bits per heavy atom. The maximum atomic E-state index is 12.5. The van der Waals surface area contributed by atoms with Crippen LogP contribution >= 0.6 is 0 Å². The number of pyridine rings is 1. The first-order valence-corrected chi connectivity index (χ1v) is 11.2. The lowest BCUT2D eigenvalue weighted by Crippen LogP contribution is -2.44. The van der Waals surface area contributed by atoms with Gasteiger partial charge in [-0.1, -0.05) is 47.6 Å². The molecule has 0 saturated carbocycles. The molecule has 0 aromatic carbocycles. The van der Waals surface area contributed by atoms with Crippen LogP contribution < -0.4 is 5.43 Å². The third kappa shape index (κ3) is 5.56. The molecule has 0 amide bonds. The fourth-order valence-electron chi connectivity index (χ4n) is 4.75. The zero-order valence-electron chi connectivity index (χ0n) is 20.4. The second kappa shape index (κ2) is 10.1. The average molecular weight is 448 g/mol. The van der Waals surface area contributed by atoms with Crippen LogP contribution in [0.2, 0.25) is 0 Å². The summed E-state index contributed by atoms with van der Waals surface area (Å²) in [4.78, 5) is 39.8. The summed E-state index contributed by atoms with van der Waals surface area (Å²) in [6, 6.07) is 1.23. The zero-order chi connectivity index (χ0) is 24.4. The number of hydrogen-bond acceptors (Lipinski definition) is 6. The highest BCUT2D eigenvalue weighted by atomic mass is 16.6. The number of methoxy groups -OCH3 is 1. The molecule has 0 unspecified atom stereocenters. The third-order valence-electron chi connectivity index (χ3n) is 6.20. The Bertz CT molecular complexity index is 925. The normalized spacial score (nSPS) is 23.0. The summed E-state index contributed by atoms with van der Waals surface area (Å²) in [5, 5.41) is 10.8. The molecular weight excluding hydrogens is 410 g/mol. The van der Waals surface area contributed by atoms with E-state index in [-0.39, 0.29) is 40.2 Å². The molecular formula is C25H37NO6. The predicted octanol–water partition coefficient (Wildman–Crippen LogP) is 3.82. The molecule has 0 spiro atoms. The van der Waals surface area contributed by atoms with Crippen LogP contribution in [0.4, 0.5) is 0 Å². The number of ether oxygens (including phenoxy) is 2. The monoisotopic (exact) mass is 447 g/mol. The predicted molar refractivity (Wildman–Crippen MR) is 122 cm³/mol. The quantitative estimate of drug-likeness (QED) is 0.464. The molecule has 0 saturated heterocycles. The Kier molecular flexibility index (Phi) is 8.23. The lowest BCUT2D eigenvalue weighted by molar-refractivity contribution is -0.130. The number of carbonyl (C=O) groups excluding carboxylic acids is 2. The molecule has 6 atom stereocenters. The number of rotatable bonds is 8. The molecule has 0 fully saturated rings. The van der Waals surface area contributed by atoms with E-state index in [0.29, 0.717) is 6.42 Å². The van der Waals surface area contributed by atoms with Gasteiger partial charge in [-0.2, -0.15) is 0 Å². The number of aliphatic hydroxyl groups excluding tert-OH is 1. The standard InChI is InChI=1S/C25H37NO6/c1-13(12-15(3)23(29)25(5,6)7)11-14(2)21(31-8)16(4)22-20(28)19-18(24(30)32-22)17(27)9-10-26-19/h9-11,13,15-16,20-22,28H,12H2,1-8H3,(H,26,27)/b14-11+/t13-,15-,16+,20+,21+,22-/m0/s1. The number of fused-ring (bicyclic) bond motifs is 1. The summed E-state index contributed by atoms with van der Waals surface area (Å²) in [6.07, 6.45) is 1.73.